The Hall–Kier alpha value is -3.99. The third-order valence-corrected chi connectivity index (χ3v) is 3.96. The monoisotopic (exact) mass is 410 g/mol. The van der Waals surface area contributed by atoms with Gasteiger partial charge in [-0.15, -0.1) is 0 Å². The number of anilines is 1. The summed E-state index contributed by atoms with van der Waals surface area (Å²) >= 11 is 0. The molecule has 2 rings (SSSR count). The molecule has 30 heavy (non-hydrogen) atoms. The van der Waals surface area contributed by atoms with Crippen molar-refractivity contribution in [2.75, 3.05) is 19.0 Å². The second-order valence-corrected chi connectivity index (χ2v) is 6.06. The molecule has 1 atom stereocenters. The molecule has 0 unspecified atom stereocenters. The van der Waals surface area contributed by atoms with Crippen molar-refractivity contribution in [3.8, 4) is 23.3 Å². The molecule has 8 nitrogen and oxygen atoms in total. The number of carboxylic acids is 1. The molecule has 0 bridgehead atoms. The molecule has 0 saturated carbocycles. The van der Waals surface area contributed by atoms with Crippen LogP contribution in [-0.2, 0) is 9.59 Å². The normalized spacial score (nSPS) is 11.7. The van der Waals surface area contributed by atoms with Crippen molar-refractivity contribution >= 4 is 23.6 Å². The van der Waals surface area contributed by atoms with Crippen LogP contribution in [0.1, 0.15) is 19.4 Å². The molecule has 0 aliphatic carbocycles. The first-order valence-electron chi connectivity index (χ1n) is 9.12. The third-order valence-electron chi connectivity index (χ3n) is 3.96. The van der Waals surface area contributed by atoms with E-state index in [-0.39, 0.29) is 17.1 Å². The van der Waals surface area contributed by atoms with Gasteiger partial charge >= 0.3 is 5.97 Å². The van der Waals surface area contributed by atoms with Gasteiger partial charge in [0, 0.05) is 11.3 Å². The summed E-state index contributed by atoms with van der Waals surface area (Å²) in [4.78, 5) is 23.7. The number of amides is 1. The predicted octanol–water partition coefficient (Wildman–Crippen LogP) is 3.49. The predicted molar refractivity (Wildman–Crippen MR) is 111 cm³/mol. The van der Waals surface area contributed by atoms with Crippen molar-refractivity contribution in [1.29, 1.82) is 5.26 Å². The Morgan fingerprint density at radius 3 is 2.50 bits per heavy atom. The molecule has 2 aromatic carbocycles. The van der Waals surface area contributed by atoms with E-state index in [9.17, 15) is 14.9 Å². The number of aliphatic carboxylic acids is 1. The summed E-state index contributed by atoms with van der Waals surface area (Å²) in [7, 11) is 1.41. The fourth-order valence-corrected chi connectivity index (χ4v) is 2.46. The lowest BCUT2D eigenvalue weighted by Gasteiger charge is -2.16. The Bertz CT molecular complexity index is 976. The number of nitrogens with one attached hydrogen (secondary N) is 1. The molecule has 2 aromatic rings. The zero-order valence-corrected chi connectivity index (χ0v) is 16.8. The topological polar surface area (TPSA) is 118 Å². The SMILES string of the molecule is CCOc1ccc(NC(=O)/C(C#N)=C\c2cccc(OC)c2O[C@H](C)C(=O)O)cc1. The Balaban J connectivity index is 2.31. The average Bonchev–Trinajstić information content (AvgIpc) is 2.74. The molecular formula is C22H22N2O6. The number of nitrogens with zero attached hydrogens (tertiary/aromatic N) is 1. The third kappa shape index (κ3) is 5.75. The summed E-state index contributed by atoms with van der Waals surface area (Å²) in [5.74, 6) is -0.721. The summed E-state index contributed by atoms with van der Waals surface area (Å²) in [6.45, 7) is 3.76. The minimum atomic E-state index is -1.16. The molecule has 1 amide bonds. The average molecular weight is 410 g/mol. The van der Waals surface area contributed by atoms with Crippen molar-refractivity contribution < 1.29 is 28.9 Å². The number of rotatable bonds is 9. The van der Waals surface area contributed by atoms with Crippen LogP contribution in [0.4, 0.5) is 5.69 Å². The summed E-state index contributed by atoms with van der Waals surface area (Å²) in [6.07, 6.45) is 0.160. The maximum atomic E-state index is 12.6. The van der Waals surface area contributed by atoms with Crippen LogP contribution in [0.15, 0.2) is 48.0 Å². The number of nitriles is 1. The van der Waals surface area contributed by atoms with Gasteiger partial charge in [0.2, 0.25) is 0 Å². The van der Waals surface area contributed by atoms with Gasteiger partial charge in [-0.1, -0.05) is 12.1 Å². The quantitative estimate of drug-likeness (QED) is 0.480. The fourth-order valence-electron chi connectivity index (χ4n) is 2.46. The van der Waals surface area contributed by atoms with Gasteiger partial charge in [-0.25, -0.2) is 4.79 Å². The summed E-state index contributed by atoms with van der Waals surface area (Å²) in [5.41, 5.74) is 0.636. The van der Waals surface area contributed by atoms with Gasteiger partial charge in [-0.05, 0) is 50.3 Å². The van der Waals surface area contributed by atoms with E-state index in [1.54, 1.807) is 42.5 Å². The lowest BCUT2D eigenvalue weighted by Crippen LogP contribution is -2.23. The summed E-state index contributed by atoms with van der Waals surface area (Å²) in [5, 5.41) is 21.2. The molecule has 0 radical (unpaired) electrons. The van der Waals surface area contributed by atoms with E-state index in [0.29, 0.717) is 23.6 Å². The Kier molecular flexibility index (Phi) is 7.82. The number of carboxylic acid groups (broad SMARTS) is 1. The lowest BCUT2D eigenvalue weighted by atomic mass is 10.1. The van der Waals surface area contributed by atoms with Crippen LogP contribution in [-0.4, -0.2) is 36.8 Å². The van der Waals surface area contributed by atoms with Crippen LogP contribution in [0.3, 0.4) is 0 Å². The van der Waals surface area contributed by atoms with E-state index < -0.39 is 18.0 Å². The largest absolute Gasteiger partial charge is 0.494 e. The van der Waals surface area contributed by atoms with Gasteiger partial charge in [0.25, 0.3) is 5.91 Å². The number of para-hydroxylation sites is 1. The zero-order valence-electron chi connectivity index (χ0n) is 16.8. The molecule has 0 aromatic heterocycles. The fraction of sp³-hybridized carbons (Fsp3) is 0.227. The number of methoxy groups -OCH3 is 1. The van der Waals surface area contributed by atoms with Gasteiger partial charge in [0.05, 0.1) is 13.7 Å². The summed E-state index contributed by atoms with van der Waals surface area (Å²) in [6, 6.07) is 13.4. The van der Waals surface area contributed by atoms with Crippen LogP contribution < -0.4 is 19.5 Å². The maximum Gasteiger partial charge on any atom is 0.344 e. The first kappa shape index (κ1) is 22.3. The van der Waals surface area contributed by atoms with Gasteiger partial charge < -0.3 is 24.6 Å². The lowest BCUT2D eigenvalue weighted by molar-refractivity contribution is -0.144. The standard InChI is InChI=1S/C22H22N2O6/c1-4-29-18-10-8-17(9-11-18)24-21(25)16(13-23)12-15-6-5-7-19(28-3)20(15)30-14(2)22(26)27/h5-12,14H,4H2,1-3H3,(H,24,25)(H,26,27)/b16-12-/t14-/m1/s1. The first-order valence-corrected chi connectivity index (χ1v) is 9.12. The van der Waals surface area contributed by atoms with Crippen LogP contribution >= 0.6 is 0 Å². The van der Waals surface area contributed by atoms with Crippen molar-refractivity contribution in [3.63, 3.8) is 0 Å². The van der Waals surface area contributed by atoms with Crippen molar-refractivity contribution in [3.05, 3.63) is 53.6 Å². The van der Waals surface area contributed by atoms with E-state index in [4.69, 9.17) is 19.3 Å². The van der Waals surface area contributed by atoms with Gasteiger partial charge in [0.1, 0.15) is 17.4 Å². The number of carbonyl (C=O) groups is 2. The smallest absolute Gasteiger partial charge is 0.344 e. The number of hydrogen-bond donors (Lipinski definition) is 2. The van der Waals surface area contributed by atoms with Crippen molar-refractivity contribution in [2.24, 2.45) is 0 Å². The highest BCUT2D eigenvalue weighted by Gasteiger charge is 2.19. The second kappa shape index (κ2) is 10.5. The molecule has 0 saturated heterocycles. The minimum absolute atomic E-state index is 0.122. The van der Waals surface area contributed by atoms with Gasteiger partial charge in [0.15, 0.2) is 17.6 Å². The number of benzene rings is 2. The van der Waals surface area contributed by atoms with E-state index >= 15 is 0 Å². The molecule has 0 fully saturated rings. The molecule has 156 valence electrons. The van der Waals surface area contributed by atoms with Gasteiger partial charge in [-0.3, -0.25) is 4.79 Å². The first-order chi connectivity index (χ1) is 14.4. The van der Waals surface area contributed by atoms with E-state index in [2.05, 4.69) is 5.32 Å². The highest BCUT2D eigenvalue weighted by Crippen LogP contribution is 2.33. The molecule has 8 heteroatoms. The number of hydrogen-bond acceptors (Lipinski definition) is 6. The van der Waals surface area contributed by atoms with Crippen molar-refractivity contribution in [2.45, 2.75) is 20.0 Å². The molecule has 0 heterocycles. The Labute approximate surface area is 174 Å². The number of carbonyl (C=O) groups excluding carboxylic acids is 1. The highest BCUT2D eigenvalue weighted by molar-refractivity contribution is 6.09. The zero-order chi connectivity index (χ0) is 22.1. The number of ether oxygens (including phenoxy) is 3. The van der Waals surface area contributed by atoms with Crippen LogP contribution in [0.25, 0.3) is 6.08 Å². The van der Waals surface area contributed by atoms with Crippen LogP contribution in [0.2, 0.25) is 0 Å². The Morgan fingerprint density at radius 2 is 1.93 bits per heavy atom. The molecule has 0 spiro atoms. The van der Waals surface area contributed by atoms with Crippen molar-refractivity contribution in [1.82, 2.24) is 0 Å². The highest BCUT2D eigenvalue weighted by atomic mass is 16.5. The van der Waals surface area contributed by atoms with E-state index in [0.717, 1.165) is 0 Å². The van der Waals surface area contributed by atoms with Crippen LogP contribution in [0.5, 0.6) is 17.2 Å². The second-order valence-electron chi connectivity index (χ2n) is 6.06. The molecule has 0 aliphatic heterocycles. The minimum Gasteiger partial charge on any atom is -0.494 e. The van der Waals surface area contributed by atoms with E-state index in [1.807, 2.05) is 13.0 Å². The molecule has 2 N–H and O–H groups in total. The molecular weight excluding hydrogens is 388 g/mol. The Morgan fingerprint density at radius 1 is 1.23 bits per heavy atom. The van der Waals surface area contributed by atoms with Crippen LogP contribution in [0, 0.1) is 11.3 Å². The maximum absolute atomic E-state index is 12.6. The summed E-state index contributed by atoms with van der Waals surface area (Å²) < 4.78 is 16.1. The van der Waals surface area contributed by atoms with E-state index in [1.165, 1.54) is 20.1 Å². The van der Waals surface area contributed by atoms with Gasteiger partial charge in [-0.2, -0.15) is 5.26 Å². The molecule has 0 aliphatic rings.